The zero-order valence-corrected chi connectivity index (χ0v) is 13.8. The number of nitrogens with one attached hydrogen (secondary N) is 2. The third kappa shape index (κ3) is 3.37. The maximum Gasteiger partial charge on any atom is 0.263 e. The van der Waals surface area contributed by atoms with Gasteiger partial charge in [0.2, 0.25) is 0 Å². The lowest BCUT2D eigenvalue weighted by Crippen LogP contribution is -2.26. The normalized spacial score (nSPS) is 13.5. The maximum absolute atomic E-state index is 12.2. The van der Waals surface area contributed by atoms with Crippen molar-refractivity contribution >= 4 is 11.7 Å². The fourth-order valence-corrected chi connectivity index (χ4v) is 2.71. The highest BCUT2D eigenvalue weighted by Gasteiger charge is 2.20. The molecule has 1 amide bonds. The number of ether oxygens (including phenoxy) is 1. The number of benzene rings is 1. The van der Waals surface area contributed by atoms with E-state index in [0.29, 0.717) is 5.75 Å². The van der Waals surface area contributed by atoms with E-state index >= 15 is 0 Å². The first-order valence-corrected chi connectivity index (χ1v) is 7.80. The zero-order chi connectivity index (χ0) is 16.4. The summed E-state index contributed by atoms with van der Waals surface area (Å²) in [7, 11) is 1.85. The monoisotopic (exact) mass is 314 g/mol. The second-order valence-electron chi connectivity index (χ2n) is 5.91. The van der Waals surface area contributed by atoms with Crippen molar-refractivity contribution < 1.29 is 9.53 Å². The van der Waals surface area contributed by atoms with Crippen LogP contribution in [0.3, 0.4) is 0 Å². The van der Waals surface area contributed by atoms with Crippen LogP contribution in [0.2, 0.25) is 0 Å². The van der Waals surface area contributed by atoms with Gasteiger partial charge >= 0.3 is 0 Å². The molecule has 0 fully saturated rings. The Morgan fingerprint density at radius 1 is 1.39 bits per heavy atom. The van der Waals surface area contributed by atoms with Crippen LogP contribution in [-0.2, 0) is 24.8 Å². The van der Waals surface area contributed by atoms with E-state index in [9.17, 15) is 4.79 Å². The molecule has 0 bridgehead atoms. The molecule has 0 saturated carbocycles. The van der Waals surface area contributed by atoms with Gasteiger partial charge in [0.15, 0.2) is 6.61 Å². The third-order valence-corrected chi connectivity index (χ3v) is 4.17. The van der Waals surface area contributed by atoms with E-state index in [0.717, 1.165) is 42.1 Å². The molecule has 1 aliphatic rings. The molecule has 122 valence electrons. The molecule has 6 nitrogen and oxygen atoms in total. The fourth-order valence-electron chi connectivity index (χ4n) is 2.71. The number of carbonyl (C=O) groups is 1. The lowest BCUT2D eigenvalue weighted by atomic mass is 10.1. The minimum Gasteiger partial charge on any atom is -0.484 e. The summed E-state index contributed by atoms with van der Waals surface area (Å²) in [6.07, 6.45) is 0.887. The van der Waals surface area contributed by atoms with Crippen molar-refractivity contribution in [2.75, 3.05) is 18.5 Å². The van der Waals surface area contributed by atoms with Gasteiger partial charge in [0.25, 0.3) is 5.91 Å². The Morgan fingerprint density at radius 2 is 2.22 bits per heavy atom. The molecule has 2 heterocycles. The highest BCUT2D eigenvalue weighted by molar-refractivity contribution is 5.92. The van der Waals surface area contributed by atoms with Crippen LogP contribution in [0.1, 0.15) is 22.4 Å². The summed E-state index contributed by atoms with van der Waals surface area (Å²) in [6.45, 7) is 5.71. The summed E-state index contributed by atoms with van der Waals surface area (Å²) in [5, 5.41) is 10.7. The fraction of sp³-hybridized carbons (Fsp3) is 0.412. The van der Waals surface area contributed by atoms with Crippen LogP contribution < -0.4 is 15.4 Å². The number of hydrogen-bond donors (Lipinski definition) is 2. The van der Waals surface area contributed by atoms with Gasteiger partial charge in [0.1, 0.15) is 11.6 Å². The molecule has 1 aliphatic heterocycles. The Balaban J connectivity index is 1.63. The van der Waals surface area contributed by atoms with Gasteiger partial charge in [0.05, 0.1) is 5.69 Å². The van der Waals surface area contributed by atoms with Crippen molar-refractivity contribution in [3.8, 4) is 5.75 Å². The van der Waals surface area contributed by atoms with Gasteiger partial charge in [-0.3, -0.25) is 9.48 Å². The summed E-state index contributed by atoms with van der Waals surface area (Å²) < 4.78 is 7.31. The van der Waals surface area contributed by atoms with Gasteiger partial charge in [0, 0.05) is 32.1 Å². The quantitative estimate of drug-likeness (QED) is 0.901. The van der Waals surface area contributed by atoms with Gasteiger partial charge in [-0.2, -0.15) is 5.10 Å². The highest BCUT2D eigenvalue weighted by atomic mass is 16.5. The maximum atomic E-state index is 12.2. The van der Waals surface area contributed by atoms with Crippen molar-refractivity contribution in [2.45, 2.75) is 26.8 Å². The number of anilines is 1. The summed E-state index contributed by atoms with van der Waals surface area (Å²) >= 11 is 0. The summed E-state index contributed by atoms with van der Waals surface area (Å²) in [5.74, 6) is 1.28. The first-order chi connectivity index (χ1) is 11.0. The lowest BCUT2D eigenvalue weighted by molar-refractivity contribution is -0.118. The molecule has 23 heavy (non-hydrogen) atoms. The van der Waals surface area contributed by atoms with E-state index in [1.54, 1.807) is 4.68 Å². The standard InChI is InChI=1S/C17H22N4O2/c1-11-4-5-13(8-12(11)2)23-10-16(22)19-17-14-9-18-7-6-15(14)20-21(17)3/h4-5,8,18H,6-7,9-10H2,1-3H3,(H,19,22). The number of carbonyl (C=O) groups excluding carboxylic acids is 1. The number of aromatic nitrogens is 2. The molecular formula is C17H22N4O2. The predicted molar refractivity (Wildman–Crippen MR) is 88.7 cm³/mol. The van der Waals surface area contributed by atoms with Crippen LogP contribution in [0.25, 0.3) is 0 Å². The van der Waals surface area contributed by atoms with Crippen molar-refractivity contribution in [1.29, 1.82) is 0 Å². The van der Waals surface area contributed by atoms with Gasteiger partial charge < -0.3 is 15.4 Å². The Morgan fingerprint density at radius 3 is 3.00 bits per heavy atom. The van der Waals surface area contributed by atoms with E-state index in [2.05, 4.69) is 15.7 Å². The minimum atomic E-state index is -0.181. The Bertz CT molecular complexity index is 736. The lowest BCUT2D eigenvalue weighted by Gasteiger charge is -2.14. The molecule has 0 atom stereocenters. The van der Waals surface area contributed by atoms with E-state index in [4.69, 9.17) is 4.74 Å². The van der Waals surface area contributed by atoms with E-state index < -0.39 is 0 Å². The van der Waals surface area contributed by atoms with Crippen LogP contribution >= 0.6 is 0 Å². The second-order valence-corrected chi connectivity index (χ2v) is 5.91. The second kappa shape index (κ2) is 6.42. The summed E-state index contributed by atoms with van der Waals surface area (Å²) in [4.78, 5) is 12.2. The van der Waals surface area contributed by atoms with Crippen molar-refractivity contribution in [2.24, 2.45) is 7.05 Å². The van der Waals surface area contributed by atoms with E-state index in [1.807, 2.05) is 39.1 Å². The molecule has 1 aromatic heterocycles. The number of hydrogen-bond acceptors (Lipinski definition) is 4. The van der Waals surface area contributed by atoms with Crippen LogP contribution in [0, 0.1) is 13.8 Å². The van der Waals surface area contributed by atoms with Gasteiger partial charge in [-0.1, -0.05) is 6.07 Å². The zero-order valence-electron chi connectivity index (χ0n) is 13.8. The topological polar surface area (TPSA) is 68.2 Å². The number of amides is 1. The number of fused-ring (bicyclic) bond motifs is 1. The van der Waals surface area contributed by atoms with E-state index in [-0.39, 0.29) is 12.5 Å². The largest absolute Gasteiger partial charge is 0.484 e. The van der Waals surface area contributed by atoms with Crippen LogP contribution in [0.4, 0.5) is 5.82 Å². The number of aryl methyl sites for hydroxylation is 3. The Hall–Kier alpha value is -2.34. The third-order valence-electron chi connectivity index (χ3n) is 4.17. The molecule has 6 heteroatoms. The summed E-state index contributed by atoms with van der Waals surface area (Å²) in [5.41, 5.74) is 4.47. The Labute approximate surface area is 135 Å². The first-order valence-electron chi connectivity index (χ1n) is 7.80. The molecule has 0 saturated heterocycles. The molecule has 1 aromatic carbocycles. The van der Waals surface area contributed by atoms with Crippen molar-refractivity contribution in [3.63, 3.8) is 0 Å². The molecule has 0 radical (unpaired) electrons. The molecule has 0 unspecified atom stereocenters. The van der Waals surface area contributed by atoms with Crippen LogP contribution in [0.5, 0.6) is 5.75 Å². The first kappa shape index (κ1) is 15.6. The molecule has 0 aliphatic carbocycles. The number of nitrogens with zero attached hydrogens (tertiary/aromatic N) is 2. The molecule has 2 N–H and O–H groups in total. The average Bonchev–Trinajstić information content (AvgIpc) is 2.84. The summed E-state index contributed by atoms with van der Waals surface area (Å²) in [6, 6.07) is 5.82. The van der Waals surface area contributed by atoms with Crippen molar-refractivity contribution in [1.82, 2.24) is 15.1 Å². The smallest absolute Gasteiger partial charge is 0.263 e. The van der Waals surface area contributed by atoms with E-state index in [1.165, 1.54) is 5.56 Å². The molecular weight excluding hydrogens is 292 g/mol. The predicted octanol–water partition coefficient (Wildman–Crippen LogP) is 1.70. The molecule has 2 aromatic rings. The van der Waals surface area contributed by atoms with Gasteiger partial charge in [-0.05, 0) is 37.1 Å². The highest BCUT2D eigenvalue weighted by Crippen LogP contribution is 2.22. The van der Waals surface area contributed by atoms with Crippen molar-refractivity contribution in [3.05, 3.63) is 40.6 Å². The van der Waals surface area contributed by atoms with Crippen LogP contribution in [-0.4, -0.2) is 28.8 Å². The molecule has 3 rings (SSSR count). The van der Waals surface area contributed by atoms with Gasteiger partial charge in [-0.25, -0.2) is 0 Å². The minimum absolute atomic E-state index is 0.0180. The van der Waals surface area contributed by atoms with Gasteiger partial charge in [-0.15, -0.1) is 0 Å². The Kier molecular flexibility index (Phi) is 4.34. The SMILES string of the molecule is Cc1ccc(OCC(=O)Nc2c3c(nn2C)CCNC3)cc1C. The van der Waals surface area contributed by atoms with Crippen LogP contribution in [0.15, 0.2) is 18.2 Å². The average molecular weight is 314 g/mol. The number of rotatable bonds is 4. The molecule has 0 spiro atoms.